The van der Waals surface area contributed by atoms with Crippen molar-refractivity contribution in [3.05, 3.63) is 56.5 Å². The van der Waals surface area contributed by atoms with Gasteiger partial charge in [-0.25, -0.2) is 9.78 Å². The maximum atomic E-state index is 12.6. The smallest absolute Gasteiger partial charge is 0.338 e. The zero-order valence-electron chi connectivity index (χ0n) is 15.0. The van der Waals surface area contributed by atoms with Gasteiger partial charge in [-0.2, -0.15) is 0 Å². The Labute approximate surface area is 169 Å². The number of azide groups is 1. The molecule has 1 aliphatic heterocycles. The first-order chi connectivity index (χ1) is 13.5. The first-order valence-corrected chi connectivity index (χ1v) is 9.16. The Bertz CT molecular complexity index is 951. The van der Waals surface area contributed by atoms with E-state index in [1.165, 1.54) is 13.2 Å². The van der Waals surface area contributed by atoms with Crippen molar-refractivity contribution in [1.29, 1.82) is 0 Å². The molecule has 9 nitrogen and oxygen atoms in total. The van der Waals surface area contributed by atoms with Gasteiger partial charge < -0.3 is 14.4 Å². The van der Waals surface area contributed by atoms with E-state index in [0.717, 1.165) is 0 Å². The number of rotatable bonds is 4. The number of benzene rings is 1. The number of carbonyl (C=O) groups is 2. The van der Waals surface area contributed by atoms with E-state index in [-0.39, 0.29) is 17.2 Å². The molecule has 1 aliphatic rings. The third kappa shape index (κ3) is 4.14. The number of carbonyl (C=O) groups excluding carboxylic acids is 2. The topological polar surface area (TPSA) is 117 Å². The number of methoxy groups -OCH3 is 1. The Kier molecular flexibility index (Phi) is 6.25. The lowest BCUT2D eigenvalue weighted by Crippen LogP contribution is -2.40. The number of hydrogen-bond donors (Lipinski definition) is 0. The van der Waals surface area contributed by atoms with Crippen LogP contribution in [0.3, 0.4) is 0 Å². The van der Waals surface area contributed by atoms with Gasteiger partial charge in [0, 0.05) is 29.1 Å². The van der Waals surface area contributed by atoms with E-state index in [2.05, 4.69) is 30.9 Å². The Balaban J connectivity index is 1.99. The molecule has 10 heteroatoms. The molecule has 0 N–H and O–H groups in total. The maximum Gasteiger partial charge on any atom is 0.338 e. The van der Waals surface area contributed by atoms with Crippen LogP contribution < -0.4 is 0 Å². The zero-order chi connectivity index (χ0) is 20.1. The molecule has 0 spiro atoms. The molecular formula is C18H16BrN5O4. The van der Waals surface area contributed by atoms with E-state index in [1.54, 1.807) is 29.2 Å². The number of esters is 1. The highest BCUT2D eigenvalue weighted by Gasteiger charge is 2.21. The van der Waals surface area contributed by atoms with Crippen LogP contribution in [0.5, 0.6) is 0 Å². The summed E-state index contributed by atoms with van der Waals surface area (Å²) in [6.45, 7) is 2.16. The lowest BCUT2D eigenvalue weighted by Gasteiger charge is -2.26. The second-order valence-corrected chi connectivity index (χ2v) is 6.67. The maximum absolute atomic E-state index is 12.6. The minimum absolute atomic E-state index is 0.0600. The lowest BCUT2D eigenvalue weighted by molar-refractivity contribution is 0.0303. The molecule has 1 fully saturated rings. The molecule has 1 aromatic heterocycles. The number of amides is 1. The van der Waals surface area contributed by atoms with Crippen LogP contribution in [0, 0.1) is 0 Å². The largest absolute Gasteiger partial charge is 0.465 e. The minimum atomic E-state index is -0.647. The summed E-state index contributed by atoms with van der Waals surface area (Å²) in [5.41, 5.74) is 10.5. The molecule has 0 atom stereocenters. The third-order valence-corrected chi connectivity index (χ3v) is 4.62. The molecule has 144 valence electrons. The van der Waals surface area contributed by atoms with Crippen molar-refractivity contribution < 1.29 is 19.1 Å². The molecule has 0 unspecified atom stereocenters. The first kappa shape index (κ1) is 19.8. The molecule has 0 aliphatic carbocycles. The van der Waals surface area contributed by atoms with Crippen LogP contribution in [0.1, 0.15) is 20.7 Å². The van der Waals surface area contributed by atoms with Crippen LogP contribution in [0.15, 0.2) is 40.0 Å². The fourth-order valence-electron chi connectivity index (χ4n) is 2.84. The van der Waals surface area contributed by atoms with Crippen LogP contribution in [-0.2, 0) is 9.47 Å². The van der Waals surface area contributed by atoms with Crippen molar-refractivity contribution in [2.45, 2.75) is 0 Å². The van der Waals surface area contributed by atoms with Crippen molar-refractivity contribution in [3.63, 3.8) is 0 Å². The van der Waals surface area contributed by atoms with Gasteiger partial charge in [-0.15, -0.1) is 0 Å². The average Bonchev–Trinajstić information content (AvgIpc) is 2.74. The Morgan fingerprint density at radius 3 is 2.57 bits per heavy atom. The van der Waals surface area contributed by atoms with Gasteiger partial charge in [-0.3, -0.25) is 4.79 Å². The number of nitrogens with zero attached hydrogens (tertiary/aromatic N) is 5. The minimum Gasteiger partial charge on any atom is -0.465 e. The zero-order valence-corrected chi connectivity index (χ0v) is 16.5. The van der Waals surface area contributed by atoms with E-state index < -0.39 is 5.97 Å². The van der Waals surface area contributed by atoms with Crippen molar-refractivity contribution in [2.24, 2.45) is 5.11 Å². The van der Waals surface area contributed by atoms with E-state index in [0.29, 0.717) is 47.7 Å². The van der Waals surface area contributed by atoms with Crippen LogP contribution in [0.4, 0.5) is 5.69 Å². The quantitative estimate of drug-likeness (QED) is 0.233. The molecule has 2 heterocycles. The van der Waals surface area contributed by atoms with Crippen LogP contribution in [0.2, 0.25) is 0 Å². The van der Waals surface area contributed by atoms with E-state index in [9.17, 15) is 9.59 Å². The molecule has 28 heavy (non-hydrogen) atoms. The van der Waals surface area contributed by atoms with Gasteiger partial charge in [0.2, 0.25) is 0 Å². The average molecular weight is 446 g/mol. The fourth-order valence-corrected chi connectivity index (χ4v) is 3.25. The summed E-state index contributed by atoms with van der Waals surface area (Å²) in [5, 5.41) is 3.63. The summed E-state index contributed by atoms with van der Waals surface area (Å²) in [6, 6.07) is 8.16. The predicted molar refractivity (Wildman–Crippen MR) is 104 cm³/mol. The summed E-state index contributed by atoms with van der Waals surface area (Å²) in [5.74, 6) is -0.728. The Morgan fingerprint density at radius 2 is 1.96 bits per heavy atom. The number of halogens is 1. The first-order valence-electron chi connectivity index (χ1n) is 8.36. The number of ether oxygens (including phenoxy) is 2. The summed E-state index contributed by atoms with van der Waals surface area (Å²) >= 11 is 3.26. The van der Waals surface area contributed by atoms with E-state index in [4.69, 9.17) is 15.0 Å². The highest BCUT2D eigenvalue weighted by Crippen LogP contribution is 2.34. The molecule has 1 saturated heterocycles. The molecule has 2 aromatic rings. The van der Waals surface area contributed by atoms with Crippen LogP contribution in [-0.4, -0.2) is 55.2 Å². The molecule has 1 aromatic carbocycles. The molecule has 1 amide bonds. The summed E-state index contributed by atoms with van der Waals surface area (Å²) in [4.78, 5) is 33.5. The molecule has 0 radical (unpaired) electrons. The Hall–Kier alpha value is -2.94. The molecular weight excluding hydrogens is 430 g/mol. The van der Waals surface area contributed by atoms with Crippen molar-refractivity contribution >= 4 is 33.5 Å². The summed E-state index contributed by atoms with van der Waals surface area (Å²) < 4.78 is 10.4. The van der Waals surface area contributed by atoms with Gasteiger partial charge in [0.1, 0.15) is 4.60 Å². The van der Waals surface area contributed by atoms with Gasteiger partial charge in [0.25, 0.3) is 5.91 Å². The van der Waals surface area contributed by atoms with Gasteiger partial charge >= 0.3 is 5.97 Å². The fraction of sp³-hybridized carbons (Fsp3) is 0.278. The summed E-state index contributed by atoms with van der Waals surface area (Å²) in [6.07, 6.45) is 0. The predicted octanol–water partition coefficient (Wildman–Crippen LogP) is 3.71. The lowest BCUT2D eigenvalue weighted by atomic mass is 10.0. The van der Waals surface area contributed by atoms with Crippen molar-refractivity contribution in [1.82, 2.24) is 9.88 Å². The second kappa shape index (κ2) is 8.83. The number of morpholine rings is 1. The molecule has 0 saturated carbocycles. The normalized spacial score (nSPS) is 13.6. The standard InChI is InChI=1S/C18H16BrN5O4/c1-27-18(26)13-10-14(19)21-15(16(13)22-23-20)11-2-4-12(5-3-11)17(25)24-6-8-28-9-7-24/h2-5,10H,6-9H2,1H3. The van der Waals surface area contributed by atoms with Crippen molar-refractivity contribution in [3.8, 4) is 11.3 Å². The highest BCUT2D eigenvalue weighted by atomic mass is 79.9. The van der Waals surface area contributed by atoms with Gasteiger partial charge in [-0.1, -0.05) is 17.2 Å². The van der Waals surface area contributed by atoms with Gasteiger partial charge in [0.15, 0.2) is 0 Å². The monoisotopic (exact) mass is 445 g/mol. The van der Waals surface area contributed by atoms with Crippen LogP contribution in [0.25, 0.3) is 21.7 Å². The third-order valence-electron chi connectivity index (χ3n) is 4.22. The number of aromatic nitrogens is 1. The summed E-state index contributed by atoms with van der Waals surface area (Å²) in [7, 11) is 1.24. The second-order valence-electron chi connectivity index (χ2n) is 5.85. The van der Waals surface area contributed by atoms with Gasteiger partial charge in [0.05, 0.1) is 37.3 Å². The van der Waals surface area contributed by atoms with Crippen LogP contribution >= 0.6 is 15.9 Å². The van der Waals surface area contributed by atoms with Gasteiger partial charge in [-0.05, 0) is 39.7 Å². The van der Waals surface area contributed by atoms with E-state index in [1.807, 2.05) is 0 Å². The SMILES string of the molecule is COC(=O)c1cc(Br)nc(-c2ccc(C(=O)N3CCOCC3)cc2)c1N=[N+]=[N-]. The number of pyridine rings is 1. The Morgan fingerprint density at radius 1 is 1.29 bits per heavy atom. The number of hydrogen-bond acceptors (Lipinski definition) is 6. The van der Waals surface area contributed by atoms with E-state index >= 15 is 0 Å². The molecule has 3 rings (SSSR count). The molecule has 0 bridgehead atoms. The van der Waals surface area contributed by atoms with Crippen molar-refractivity contribution in [2.75, 3.05) is 33.4 Å². The highest BCUT2D eigenvalue weighted by molar-refractivity contribution is 9.10.